The minimum Gasteiger partial charge on any atom is -0.454 e. The van der Waals surface area contributed by atoms with Crippen LogP contribution in [0.1, 0.15) is 0 Å². The Bertz CT molecular complexity index is 3660. The number of nitrogens with zero attached hydrogens (tertiary/aromatic N) is 2. The normalized spacial score (nSPS) is 11.3. The van der Waals surface area contributed by atoms with Crippen molar-refractivity contribution in [1.82, 2.24) is 0 Å². The molecule has 0 saturated heterocycles. The second kappa shape index (κ2) is 17.2. The summed E-state index contributed by atoms with van der Waals surface area (Å²) in [5.41, 5.74) is 16.9. The van der Waals surface area contributed by atoms with E-state index in [0.717, 1.165) is 100 Å². The third-order valence-electron chi connectivity index (χ3n) is 12.8. The van der Waals surface area contributed by atoms with Crippen molar-refractivity contribution in [3.05, 3.63) is 267 Å². The molecule has 0 aliphatic heterocycles. The molecule has 0 unspecified atom stereocenters. The van der Waals surface area contributed by atoms with Crippen LogP contribution in [0.2, 0.25) is 0 Å². The molecule has 0 bridgehead atoms. The summed E-state index contributed by atoms with van der Waals surface area (Å²) >= 11 is 0. The number of benzene rings is 11. The lowest BCUT2D eigenvalue weighted by Crippen LogP contribution is -2.14. The van der Waals surface area contributed by atoms with Gasteiger partial charge >= 0.3 is 0 Å². The quantitative estimate of drug-likeness (QED) is 0.137. The molecule has 1 aromatic heterocycles. The van der Waals surface area contributed by atoms with E-state index in [2.05, 4.69) is 277 Å². The standard InChI is InChI=1S/C64H44N2O/c1-5-18-45(19-6-1)48-32-36-54(37-33-48)65(56-29-17-28-51(40-56)47-22-9-3-10-23-47)57-43-60-59-41-52-26-13-14-27-53(52)42-63(59)67-64(60)62(44-57)66(55-38-34-49(35-39-55)46-20-7-2-8-21-46)61-31-16-15-30-58(61)50-24-11-4-12-25-50/h1-44H. The van der Waals surface area contributed by atoms with Gasteiger partial charge in [-0.05, 0) is 116 Å². The summed E-state index contributed by atoms with van der Waals surface area (Å²) in [4.78, 5) is 4.78. The first-order valence-corrected chi connectivity index (χ1v) is 22.8. The smallest absolute Gasteiger partial charge is 0.159 e. The maximum atomic E-state index is 7.18. The highest BCUT2D eigenvalue weighted by molar-refractivity contribution is 6.15. The first kappa shape index (κ1) is 39.7. The molecule has 0 radical (unpaired) electrons. The Morgan fingerprint density at radius 2 is 0.731 bits per heavy atom. The van der Waals surface area contributed by atoms with E-state index < -0.39 is 0 Å². The van der Waals surface area contributed by atoms with Crippen LogP contribution in [0.15, 0.2) is 271 Å². The minimum atomic E-state index is 0.807. The highest BCUT2D eigenvalue weighted by Gasteiger charge is 2.26. The molecule has 1 heterocycles. The molecule has 0 saturated carbocycles. The molecule has 12 rings (SSSR count). The van der Waals surface area contributed by atoms with Gasteiger partial charge in [0.15, 0.2) is 5.58 Å². The summed E-state index contributed by atoms with van der Waals surface area (Å²) in [6, 6.07) is 95.6. The number of furan rings is 1. The molecule has 0 amide bonds. The van der Waals surface area contributed by atoms with E-state index in [9.17, 15) is 0 Å². The zero-order valence-electron chi connectivity index (χ0n) is 36.7. The molecular formula is C64H44N2O. The zero-order valence-corrected chi connectivity index (χ0v) is 36.7. The number of fused-ring (bicyclic) bond motifs is 4. The van der Waals surface area contributed by atoms with E-state index in [0.29, 0.717) is 0 Å². The van der Waals surface area contributed by atoms with Crippen LogP contribution in [0, 0.1) is 0 Å². The van der Waals surface area contributed by atoms with Gasteiger partial charge in [0.2, 0.25) is 0 Å². The second-order valence-corrected chi connectivity index (χ2v) is 16.9. The van der Waals surface area contributed by atoms with Gasteiger partial charge in [0.25, 0.3) is 0 Å². The molecule has 0 atom stereocenters. The summed E-state index contributed by atoms with van der Waals surface area (Å²) in [5.74, 6) is 0. The summed E-state index contributed by atoms with van der Waals surface area (Å²) in [7, 11) is 0. The van der Waals surface area contributed by atoms with Crippen LogP contribution in [-0.2, 0) is 0 Å². The first-order valence-electron chi connectivity index (χ1n) is 22.8. The number of hydrogen-bond acceptors (Lipinski definition) is 3. The van der Waals surface area contributed by atoms with Gasteiger partial charge in [-0.2, -0.15) is 0 Å². The van der Waals surface area contributed by atoms with Crippen LogP contribution in [0.3, 0.4) is 0 Å². The van der Waals surface area contributed by atoms with Gasteiger partial charge in [-0.3, -0.25) is 0 Å². The maximum Gasteiger partial charge on any atom is 0.159 e. The number of para-hydroxylation sites is 1. The second-order valence-electron chi connectivity index (χ2n) is 16.9. The van der Waals surface area contributed by atoms with Crippen LogP contribution in [0.25, 0.3) is 77.2 Å². The largest absolute Gasteiger partial charge is 0.454 e. The van der Waals surface area contributed by atoms with Crippen LogP contribution in [-0.4, -0.2) is 0 Å². The van der Waals surface area contributed by atoms with Gasteiger partial charge in [-0.25, -0.2) is 0 Å². The van der Waals surface area contributed by atoms with E-state index in [4.69, 9.17) is 4.42 Å². The van der Waals surface area contributed by atoms with Crippen molar-refractivity contribution >= 4 is 66.8 Å². The third-order valence-corrected chi connectivity index (χ3v) is 12.8. The van der Waals surface area contributed by atoms with E-state index in [1.54, 1.807) is 0 Å². The molecule has 0 spiro atoms. The fraction of sp³-hybridized carbons (Fsp3) is 0. The highest BCUT2D eigenvalue weighted by Crippen LogP contribution is 2.50. The topological polar surface area (TPSA) is 19.6 Å². The van der Waals surface area contributed by atoms with Crippen LogP contribution in [0.5, 0.6) is 0 Å². The van der Waals surface area contributed by atoms with E-state index in [-0.39, 0.29) is 0 Å². The Hall–Kier alpha value is -8.92. The molecule has 0 fully saturated rings. The van der Waals surface area contributed by atoms with E-state index in [1.165, 1.54) is 11.1 Å². The van der Waals surface area contributed by atoms with Crippen molar-refractivity contribution in [2.45, 2.75) is 0 Å². The molecule has 0 aliphatic rings. The lowest BCUT2D eigenvalue weighted by atomic mass is 10.00. The monoisotopic (exact) mass is 856 g/mol. The van der Waals surface area contributed by atoms with Crippen molar-refractivity contribution in [2.24, 2.45) is 0 Å². The summed E-state index contributed by atoms with van der Waals surface area (Å²) < 4.78 is 7.18. The van der Waals surface area contributed by atoms with Gasteiger partial charge in [0.05, 0.1) is 11.4 Å². The van der Waals surface area contributed by atoms with Crippen molar-refractivity contribution in [3.8, 4) is 44.5 Å². The van der Waals surface area contributed by atoms with Gasteiger partial charge in [-0.1, -0.05) is 200 Å². The number of rotatable bonds is 10. The Kier molecular flexibility index (Phi) is 10.2. The van der Waals surface area contributed by atoms with Crippen molar-refractivity contribution < 1.29 is 4.42 Å². The Morgan fingerprint density at radius 3 is 1.34 bits per heavy atom. The third kappa shape index (κ3) is 7.59. The van der Waals surface area contributed by atoms with Crippen LogP contribution in [0.4, 0.5) is 34.1 Å². The number of anilines is 6. The Labute approximate surface area is 390 Å². The molecule has 3 nitrogen and oxygen atoms in total. The Balaban J connectivity index is 1.15. The summed E-state index contributed by atoms with van der Waals surface area (Å²) in [6.07, 6.45) is 0. The zero-order chi connectivity index (χ0) is 44.5. The molecule has 11 aromatic carbocycles. The minimum absolute atomic E-state index is 0.807. The van der Waals surface area contributed by atoms with Crippen LogP contribution >= 0.6 is 0 Å². The lowest BCUT2D eigenvalue weighted by molar-refractivity contribution is 0.669. The van der Waals surface area contributed by atoms with Gasteiger partial charge in [0.1, 0.15) is 5.58 Å². The molecule has 316 valence electrons. The highest BCUT2D eigenvalue weighted by atomic mass is 16.3. The predicted octanol–water partition coefficient (Wildman–Crippen LogP) is 18.3. The molecule has 67 heavy (non-hydrogen) atoms. The van der Waals surface area contributed by atoms with Crippen molar-refractivity contribution in [2.75, 3.05) is 9.80 Å². The van der Waals surface area contributed by atoms with Gasteiger partial charge in [0, 0.05) is 39.1 Å². The molecule has 0 aliphatic carbocycles. The van der Waals surface area contributed by atoms with E-state index >= 15 is 0 Å². The summed E-state index contributed by atoms with van der Waals surface area (Å²) in [5, 5.41) is 4.39. The molecule has 0 N–H and O–H groups in total. The summed E-state index contributed by atoms with van der Waals surface area (Å²) in [6.45, 7) is 0. The predicted molar refractivity (Wildman–Crippen MR) is 282 cm³/mol. The first-order chi connectivity index (χ1) is 33.2. The van der Waals surface area contributed by atoms with Crippen LogP contribution < -0.4 is 9.80 Å². The molecule has 12 aromatic rings. The Morgan fingerprint density at radius 1 is 0.254 bits per heavy atom. The van der Waals surface area contributed by atoms with Gasteiger partial charge in [-0.15, -0.1) is 0 Å². The van der Waals surface area contributed by atoms with E-state index in [1.807, 2.05) is 0 Å². The SMILES string of the molecule is c1ccc(-c2ccc(N(c3cccc(-c4ccccc4)c3)c3cc(N(c4ccc(-c5ccccc5)cc4)c4ccccc4-c4ccccc4)c4oc5cc6ccccc6cc5c4c3)cc2)cc1. The average molecular weight is 857 g/mol. The van der Waals surface area contributed by atoms with Gasteiger partial charge < -0.3 is 14.2 Å². The fourth-order valence-corrected chi connectivity index (χ4v) is 9.53. The van der Waals surface area contributed by atoms with Crippen molar-refractivity contribution in [1.29, 1.82) is 0 Å². The molecular weight excluding hydrogens is 813 g/mol. The average Bonchev–Trinajstić information content (AvgIpc) is 3.77. The fourth-order valence-electron chi connectivity index (χ4n) is 9.53. The molecule has 3 heteroatoms. The lowest BCUT2D eigenvalue weighted by Gasteiger charge is -2.31. The number of hydrogen-bond donors (Lipinski definition) is 0. The van der Waals surface area contributed by atoms with Crippen molar-refractivity contribution in [3.63, 3.8) is 0 Å². The maximum absolute atomic E-state index is 7.18.